The van der Waals surface area contributed by atoms with E-state index >= 15 is 0 Å². The SMILES string of the molecule is CC(C)(C)OC(=O)C(C)(C)Cc1ccccc1. The van der Waals surface area contributed by atoms with Crippen molar-refractivity contribution in [2.24, 2.45) is 5.41 Å². The van der Waals surface area contributed by atoms with Gasteiger partial charge in [-0.05, 0) is 46.6 Å². The summed E-state index contributed by atoms with van der Waals surface area (Å²) in [6.45, 7) is 9.53. The van der Waals surface area contributed by atoms with Crippen molar-refractivity contribution in [3.63, 3.8) is 0 Å². The molecule has 17 heavy (non-hydrogen) atoms. The van der Waals surface area contributed by atoms with E-state index in [0.29, 0.717) is 6.42 Å². The van der Waals surface area contributed by atoms with Gasteiger partial charge in [0.15, 0.2) is 0 Å². The lowest BCUT2D eigenvalue weighted by Gasteiger charge is -2.28. The molecule has 0 saturated heterocycles. The molecule has 94 valence electrons. The van der Waals surface area contributed by atoms with E-state index in [1.54, 1.807) is 0 Å². The molecule has 1 aromatic carbocycles. The number of benzene rings is 1. The van der Waals surface area contributed by atoms with Crippen LogP contribution in [0.15, 0.2) is 30.3 Å². The second-order valence-corrected chi connectivity index (χ2v) is 6.05. The molecule has 0 aliphatic rings. The normalized spacial score (nSPS) is 12.3. The molecular weight excluding hydrogens is 212 g/mol. The fraction of sp³-hybridized carbons (Fsp3) is 0.533. The van der Waals surface area contributed by atoms with Gasteiger partial charge in [0.25, 0.3) is 0 Å². The zero-order valence-electron chi connectivity index (χ0n) is 11.4. The Bertz CT molecular complexity index is 372. The molecule has 1 aromatic rings. The Labute approximate surface area is 104 Å². The Morgan fingerprint density at radius 2 is 1.59 bits per heavy atom. The smallest absolute Gasteiger partial charge is 0.312 e. The maximum Gasteiger partial charge on any atom is 0.312 e. The summed E-state index contributed by atoms with van der Waals surface area (Å²) in [7, 11) is 0. The number of hydrogen-bond acceptors (Lipinski definition) is 2. The standard InChI is InChI=1S/C15H22O2/c1-14(2,3)17-13(16)15(4,5)11-12-9-7-6-8-10-12/h6-10H,11H2,1-5H3. The first kappa shape index (κ1) is 13.8. The van der Waals surface area contributed by atoms with E-state index < -0.39 is 11.0 Å². The number of ether oxygens (including phenoxy) is 1. The molecule has 0 aliphatic carbocycles. The van der Waals surface area contributed by atoms with Gasteiger partial charge in [-0.3, -0.25) is 4.79 Å². The molecule has 1 rings (SSSR count). The molecule has 0 spiro atoms. The van der Waals surface area contributed by atoms with Crippen molar-refractivity contribution in [2.45, 2.75) is 46.6 Å². The van der Waals surface area contributed by atoms with Crippen LogP contribution in [0.5, 0.6) is 0 Å². The van der Waals surface area contributed by atoms with Crippen molar-refractivity contribution in [2.75, 3.05) is 0 Å². The maximum absolute atomic E-state index is 12.1. The molecule has 0 atom stereocenters. The van der Waals surface area contributed by atoms with Crippen molar-refractivity contribution in [3.05, 3.63) is 35.9 Å². The molecule has 0 unspecified atom stereocenters. The second kappa shape index (κ2) is 4.91. The highest BCUT2D eigenvalue weighted by Crippen LogP contribution is 2.26. The van der Waals surface area contributed by atoms with Gasteiger partial charge < -0.3 is 4.74 Å². The number of carbonyl (C=O) groups excluding carboxylic acids is 1. The molecule has 0 aliphatic heterocycles. The van der Waals surface area contributed by atoms with Gasteiger partial charge in [0, 0.05) is 0 Å². The first-order valence-corrected chi connectivity index (χ1v) is 5.98. The van der Waals surface area contributed by atoms with Gasteiger partial charge >= 0.3 is 5.97 Å². The van der Waals surface area contributed by atoms with Gasteiger partial charge in [-0.2, -0.15) is 0 Å². The van der Waals surface area contributed by atoms with Crippen LogP contribution in [0.2, 0.25) is 0 Å². The molecule has 0 amide bonds. The van der Waals surface area contributed by atoms with Crippen LogP contribution in [-0.4, -0.2) is 11.6 Å². The monoisotopic (exact) mass is 234 g/mol. The van der Waals surface area contributed by atoms with Crippen LogP contribution in [0.1, 0.15) is 40.2 Å². The van der Waals surface area contributed by atoms with Crippen molar-refractivity contribution in [1.29, 1.82) is 0 Å². The first-order chi connectivity index (χ1) is 7.71. The number of esters is 1. The molecule has 2 nitrogen and oxygen atoms in total. The predicted octanol–water partition coefficient (Wildman–Crippen LogP) is 3.60. The summed E-state index contributed by atoms with van der Waals surface area (Å²) in [6, 6.07) is 10.0. The van der Waals surface area contributed by atoms with Gasteiger partial charge in [-0.25, -0.2) is 0 Å². The van der Waals surface area contributed by atoms with Crippen LogP contribution < -0.4 is 0 Å². The van der Waals surface area contributed by atoms with E-state index in [4.69, 9.17) is 4.74 Å². The second-order valence-electron chi connectivity index (χ2n) is 6.05. The topological polar surface area (TPSA) is 26.3 Å². The largest absolute Gasteiger partial charge is 0.460 e. The lowest BCUT2D eigenvalue weighted by Crippen LogP contribution is -2.35. The molecule has 0 fully saturated rings. The molecule has 0 saturated carbocycles. The Morgan fingerprint density at radius 1 is 1.06 bits per heavy atom. The summed E-state index contributed by atoms with van der Waals surface area (Å²) in [6.07, 6.45) is 0.697. The lowest BCUT2D eigenvalue weighted by molar-refractivity contribution is -0.165. The molecular formula is C15H22O2. The predicted molar refractivity (Wildman–Crippen MR) is 69.8 cm³/mol. The molecule has 0 aromatic heterocycles. The minimum atomic E-state index is -0.491. The van der Waals surface area contributed by atoms with Crippen LogP contribution in [0, 0.1) is 5.41 Å². The fourth-order valence-corrected chi connectivity index (χ4v) is 1.59. The summed E-state index contributed by atoms with van der Waals surface area (Å²) >= 11 is 0. The van der Waals surface area contributed by atoms with Crippen LogP contribution in [-0.2, 0) is 16.0 Å². The fourth-order valence-electron chi connectivity index (χ4n) is 1.59. The summed E-state index contributed by atoms with van der Waals surface area (Å²) in [5.41, 5.74) is 0.239. The van der Waals surface area contributed by atoms with Crippen LogP contribution in [0.3, 0.4) is 0 Å². The van der Waals surface area contributed by atoms with Gasteiger partial charge in [0.05, 0.1) is 5.41 Å². The van der Waals surface area contributed by atoms with E-state index in [1.165, 1.54) is 0 Å². The summed E-state index contributed by atoms with van der Waals surface area (Å²) < 4.78 is 5.44. The van der Waals surface area contributed by atoms with Crippen LogP contribution in [0.25, 0.3) is 0 Å². The van der Waals surface area contributed by atoms with Gasteiger partial charge in [0.2, 0.25) is 0 Å². The van der Waals surface area contributed by atoms with Gasteiger partial charge in [-0.1, -0.05) is 30.3 Å². The van der Waals surface area contributed by atoms with E-state index in [9.17, 15) is 4.79 Å². The maximum atomic E-state index is 12.1. The third kappa shape index (κ3) is 4.59. The lowest BCUT2D eigenvalue weighted by atomic mass is 9.85. The van der Waals surface area contributed by atoms with Crippen LogP contribution in [0.4, 0.5) is 0 Å². The average Bonchev–Trinajstić information content (AvgIpc) is 2.15. The van der Waals surface area contributed by atoms with Crippen molar-refractivity contribution < 1.29 is 9.53 Å². The minimum Gasteiger partial charge on any atom is -0.460 e. The number of carbonyl (C=O) groups is 1. The highest BCUT2D eigenvalue weighted by Gasteiger charge is 2.32. The quantitative estimate of drug-likeness (QED) is 0.747. The Kier molecular flexibility index (Phi) is 3.97. The Morgan fingerprint density at radius 3 is 2.06 bits per heavy atom. The minimum absolute atomic E-state index is 0.145. The van der Waals surface area contributed by atoms with E-state index in [0.717, 1.165) is 5.56 Å². The van der Waals surface area contributed by atoms with E-state index in [-0.39, 0.29) is 5.97 Å². The van der Waals surface area contributed by atoms with Gasteiger partial charge in [-0.15, -0.1) is 0 Å². The average molecular weight is 234 g/mol. The summed E-state index contributed by atoms with van der Waals surface area (Å²) in [4.78, 5) is 12.1. The molecule has 0 heterocycles. The summed E-state index contributed by atoms with van der Waals surface area (Å²) in [5.74, 6) is -0.145. The molecule has 0 bridgehead atoms. The van der Waals surface area contributed by atoms with Gasteiger partial charge in [0.1, 0.15) is 5.60 Å². The molecule has 0 N–H and O–H groups in total. The number of rotatable bonds is 3. The highest BCUT2D eigenvalue weighted by atomic mass is 16.6. The highest BCUT2D eigenvalue weighted by molar-refractivity contribution is 5.76. The Balaban J connectivity index is 2.72. The van der Waals surface area contributed by atoms with Crippen molar-refractivity contribution in [1.82, 2.24) is 0 Å². The zero-order valence-corrected chi connectivity index (χ0v) is 11.4. The zero-order chi connectivity index (χ0) is 13.1. The van der Waals surface area contributed by atoms with Crippen LogP contribution >= 0.6 is 0 Å². The van der Waals surface area contributed by atoms with E-state index in [1.807, 2.05) is 65.0 Å². The van der Waals surface area contributed by atoms with E-state index in [2.05, 4.69) is 0 Å². The molecule has 2 heteroatoms. The molecule has 0 radical (unpaired) electrons. The summed E-state index contributed by atoms with van der Waals surface area (Å²) in [5, 5.41) is 0. The van der Waals surface area contributed by atoms with Crippen molar-refractivity contribution in [3.8, 4) is 0 Å². The third-order valence-electron chi connectivity index (χ3n) is 2.44. The third-order valence-corrected chi connectivity index (χ3v) is 2.44. The Hall–Kier alpha value is -1.31. The van der Waals surface area contributed by atoms with Crippen molar-refractivity contribution >= 4 is 5.97 Å². The first-order valence-electron chi connectivity index (χ1n) is 5.98. The number of hydrogen-bond donors (Lipinski definition) is 0.